The van der Waals surface area contributed by atoms with Crippen molar-refractivity contribution in [2.45, 2.75) is 18.1 Å². The van der Waals surface area contributed by atoms with Gasteiger partial charge in [-0.2, -0.15) is 0 Å². The van der Waals surface area contributed by atoms with Gasteiger partial charge in [-0.05, 0) is 31.2 Å². The lowest BCUT2D eigenvalue weighted by Crippen LogP contribution is -2.48. The van der Waals surface area contributed by atoms with Crippen LogP contribution in [-0.4, -0.2) is 70.8 Å². The van der Waals surface area contributed by atoms with Crippen LogP contribution in [-0.2, 0) is 4.79 Å². The summed E-state index contributed by atoms with van der Waals surface area (Å²) in [4.78, 5) is 22.2. The Morgan fingerprint density at radius 2 is 1.78 bits per heavy atom. The molecule has 0 spiro atoms. The molecule has 1 aliphatic rings. The Bertz CT molecular complexity index is 1010. The Labute approximate surface area is 194 Å². The summed E-state index contributed by atoms with van der Waals surface area (Å²) in [5, 5.41) is 4.10. The van der Waals surface area contributed by atoms with Crippen LogP contribution >= 0.6 is 11.8 Å². The Morgan fingerprint density at radius 3 is 2.53 bits per heavy atom. The number of imidazole rings is 1. The smallest absolute Gasteiger partial charge is 0.231 e. The monoisotopic (exact) mass is 449 g/mol. The van der Waals surface area contributed by atoms with Gasteiger partial charge in [-0.3, -0.25) is 14.3 Å². The molecule has 1 saturated heterocycles. The predicted molar refractivity (Wildman–Crippen MR) is 130 cm³/mol. The zero-order chi connectivity index (χ0) is 22.3. The molecular formula is C25H31N5OS. The largest absolute Gasteiger partial charge is 0.347 e. The number of carbonyl (C=O) groups excluding carboxylic acids is 1. The first-order valence-electron chi connectivity index (χ1n) is 11.1. The Hall–Kier alpha value is -2.61. The number of aryl methyl sites for hydroxylation is 1. The number of nitrogens with zero attached hydrogens (tertiary/aromatic N) is 4. The highest BCUT2D eigenvalue weighted by Gasteiger charge is 2.21. The highest BCUT2D eigenvalue weighted by atomic mass is 32.2. The van der Waals surface area contributed by atoms with E-state index in [1.54, 1.807) is 6.20 Å². The van der Waals surface area contributed by atoms with Crippen LogP contribution in [0.4, 0.5) is 0 Å². The third-order valence-corrected chi connectivity index (χ3v) is 6.85. The molecule has 4 rings (SSSR count). The molecule has 1 aliphatic heterocycles. The van der Waals surface area contributed by atoms with Crippen LogP contribution in [0.2, 0.25) is 0 Å². The zero-order valence-corrected chi connectivity index (χ0v) is 19.6. The summed E-state index contributed by atoms with van der Waals surface area (Å²) in [5.41, 5.74) is 3.41. The Balaban J connectivity index is 1.40. The number of aromatic nitrogens is 2. The normalized spacial score (nSPS) is 16.1. The highest BCUT2D eigenvalue weighted by molar-refractivity contribution is 7.99. The number of carbonyl (C=O) groups is 1. The number of hydrogen-bond acceptors (Lipinski definition) is 5. The number of benzene rings is 2. The van der Waals surface area contributed by atoms with Crippen molar-refractivity contribution in [2.75, 3.05) is 45.5 Å². The summed E-state index contributed by atoms with van der Waals surface area (Å²) in [5.74, 6) is 0.354. The Kier molecular flexibility index (Phi) is 7.63. The molecule has 0 bridgehead atoms. The van der Waals surface area contributed by atoms with Crippen molar-refractivity contribution < 1.29 is 4.79 Å². The second kappa shape index (κ2) is 10.8. The van der Waals surface area contributed by atoms with E-state index in [2.05, 4.69) is 58.3 Å². The van der Waals surface area contributed by atoms with Crippen LogP contribution in [0.5, 0.6) is 0 Å². The molecule has 1 aromatic heterocycles. The Morgan fingerprint density at radius 1 is 1.06 bits per heavy atom. The maximum Gasteiger partial charge on any atom is 0.231 e. The molecule has 1 unspecified atom stereocenters. The van der Waals surface area contributed by atoms with Gasteiger partial charge in [0.05, 0.1) is 17.5 Å². The number of amides is 1. The summed E-state index contributed by atoms with van der Waals surface area (Å²) in [6.45, 7) is 7.09. The molecule has 6 nitrogen and oxygen atoms in total. The third kappa shape index (κ3) is 5.79. The van der Waals surface area contributed by atoms with Gasteiger partial charge in [0.15, 0.2) is 5.16 Å². The van der Waals surface area contributed by atoms with Crippen molar-refractivity contribution in [1.82, 2.24) is 24.7 Å². The summed E-state index contributed by atoms with van der Waals surface area (Å²) >= 11 is 1.47. The van der Waals surface area contributed by atoms with Gasteiger partial charge in [-0.15, -0.1) is 0 Å². The first kappa shape index (κ1) is 22.6. The maximum absolute atomic E-state index is 12.9. The van der Waals surface area contributed by atoms with E-state index < -0.39 is 0 Å². The summed E-state index contributed by atoms with van der Waals surface area (Å²) < 4.78 is 2.05. The quantitative estimate of drug-likeness (QED) is 0.535. The minimum Gasteiger partial charge on any atom is -0.347 e. The van der Waals surface area contributed by atoms with Crippen LogP contribution in [0.3, 0.4) is 0 Å². The molecule has 2 heterocycles. The second-order valence-electron chi connectivity index (χ2n) is 8.29. The van der Waals surface area contributed by atoms with Crippen LogP contribution in [0.15, 0.2) is 72.1 Å². The first-order valence-corrected chi connectivity index (χ1v) is 12.1. The summed E-state index contributed by atoms with van der Waals surface area (Å²) in [6, 6.07) is 18.5. The van der Waals surface area contributed by atoms with Crippen molar-refractivity contribution in [3.63, 3.8) is 0 Å². The lowest BCUT2D eigenvalue weighted by molar-refractivity contribution is -0.119. The van der Waals surface area contributed by atoms with Gasteiger partial charge in [-0.1, -0.05) is 60.3 Å². The number of likely N-dealkylation sites (N-methyl/N-ethyl adjacent to an activating group) is 1. The predicted octanol–water partition coefficient (Wildman–Crippen LogP) is 3.38. The van der Waals surface area contributed by atoms with Gasteiger partial charge >= 0.3 is 0 Å². The minimum atomic E-state index is -0.0242. The van der Waals surface area contributed by atoms with E-state index in [1.807, 2.05) is 41.1 Å². The summed E-state index contributed by atoms with van der Waals surface area (Å²) in [7, 11) is 2.16. The minimum absolute atomic E-state index is 0.0242. The maximum atomic E-state index is 12.9. The molecular weight excluding hydrogens is 418 g/mol. The van der Waals surface area contributed by atoms with Gasteiger partial charge in [0.25, 0.3) is 0 Å². The van der Waals surface area contributed by atoms with E-state index in [-0.39, 0.29) is 11.9 Å². The molecule has 0 radical (unpaired) electrons. The fraction of sp³-hybridized carbons (Fsp3) is 0.360. The van der Waals surface area contributed by atoms with Crippen molar-refractivity contribution in [3.8, 4) is 5.69 Å². The molecule has 3 aromatic rings. The van der Waals surface area contributed by atoms with E-state index >= 15 is 0 Å². The lowest BCUT2D eigenvalue weighted by Gasteiger charge is -2.35. The second-order valence-corrected chi connectivity index (χ2v) is 9.23. The average molecular weight is 450 g/mol. The van der Waals surface area contributed by atoms with Crippen LogP contribution in [0, 0.1) is 6.92 Å². The number of rotatable bonds is 8. The number of thioether (sulfide) groups is 1. The average Bonchev–Trinajstić information content (AvgIpc) is 3.28. The van der Waals surface area contributed by atoms with Gasteiger partial charge in [0.2, 0.25) is 5.91 Å². The zero-order valence-electron chi connectivity index (χ0n) is 18.8. The molecule has 2 aromatic carbocycles. The van der Waals surface area contributed by atoms with Crippen LogP contribution in [0.1, 0.15) is 17.2 Å². The molecule has 0 saturated carbocycles. The third-order valence-electron chi connectivity index (χ3n) is 5.89. The SMILES string of the molecule is Cc1ccccc1-n1ccnc1SCC(=O)NC(CN1CCN(C)CC1)c1ccccc1. The van der Waals surface area contributed by atoms with Gasteiger partial charge in [0, 0.05) is 45.1 Å². The van der Waals surface area contributed by atoms with Crippen molar-refractivity contribution in [2.24, 2.45) is 0 Å². The molecule has 168 valence electrons. The number of para-hydroxylation sites is 1. The fourth-order valence-corrected chi connectivity index (χ4v) is 4.77. The molecule has 1 fully saturated rings. The van der Waals surface area contributed by atoms with E-state index in [9.17, 15) is 4.79 Å². The van der Waals surface area contributed by atoms with Crippen molar-refractivity contribution >= 4 is 17.7 Å². The first-order chi connectivity index (χ1) is 15.6. The number of nitrogens with one attached hydrogen (secondary N) is 1. The van der Waals surface area contributed by atoms with Gasteiger partial charge in [-0.25, -0.2) is 4.98 Å². The lowest BCUT2D eigenvalue weighted by atomic mass is 10.1. The van der Waals surface area contributed by atoms with Crippen LogP contribution < -0.4 is 5.32 Å². The molecule has 32 heavy (non-hydrogen) atoms. The topological polar surface area (TPSA) is 53.4 Å². The fourth-order valence-electron chi connectivity index (χ4n) is 3.99. The molecule has 1 N–H and O–H groups in total. The van der Waals surface area contributed by atoms with E-state index in [4.69, 9.17) is 0 Å². The molecule has 7 heteroatoms. The number of hydrogen-bond donors (Lipinski definition) is 1. The van der Waals surface area contributed by atoms with E-state index in [1.165, 1.54) is 17.3 Å². The van der Waals surface area contributed by atoms with Crippen molar-refractivity contribution in [1.29, 1.82) is 0 Å². The van der Waals surface area contributed by atoms with E-state index in [0.29, 0.717) is 5.75 Å². The number of piperazine rings is 1. The molecule has 0 aliphatic carbocycles. The molecule has 1 atom stereocenters. The molecule has 1 amide bonds. The highest BCUT2D eigenvalue weighted by Crippen LogP contribution is 2.23. The van der Waals surface area contributed by atoms with Crippen LogP contribution in [0.25, 0.3) is 5.69 Å². The summed E-state index contributed by atoms with van der Waals surface area (Å²) in [6.07, 6.45) is 3.73. The van der Waals surface area contributed by atoms with Crippen molar-refractivity contribution in [3.05, 3.63) is 78.1 Å². The van der Waals surface area contributed by atoms with Gasteiger partial charge in [0.1, 0.15) is 0 Å². The standard InChI is InChI=1S/C25H31N5OS/c1-20-8-6-7-11-23(20)30-13-12-26-25(30)32-19-24(31)27-22(21-9-4-3-5-10-21)18-29-16-14-28(2)15-17-29/h3-13,22H,14-19H2,1-2H3,(H,27,31). The van der Waals surface area contributed by atoms with Gasteiger partial charge < -0.3 is 10.2 Å². The van der Waals surface area contributed by atoms with E-state index in [0.717, 1.165) is 49.1 Å².